The maximum absolute atomic E-state index is 12.1. The van der Waals surface area contributed by atoms with Gasteiger partial charge in [0.15, 0.2) is 5.76 Å². The summed E-state index contributed by atoms with van der Waals surface area (Å²) in [6.07, 6.45) is 1.58. The van der Waals surface area contributed by atoms with Crippen molar-refractivity contribution < 1.29 is 19.2 Å². The SMILES string of the molecule is CCC1(C(=O)O)CCN(C(=O)NCc2cc(C)no2)CC1. The van der Waals surface area contributed by atoms with Crippen molar-refractivity contribution in [1.29, 1.82) is 0 Å². The third-order valence-electron chi connectivity index (χ3n) is 4.23. The second kappa shape index (κ2) is 6.15. The van der Waals surface area contributed by atoms with Crippen molar-refractivity contribution in [3.8, 4) is 0 Å². The van der Waals surface area contributed by atoms with Gasteiger partial charge >= 0.3 is 12.0 Å². The van der Waals surface area contributed by atoms with Crippen molar-refractivity contribution in [2.45, 2.75) is 39.7 Å². The van der Waals surface area contributed by atoms with Crippen LogP contribution in [0.25, 0.3) is 0 Å². The number of carboxylic acids is 1. The molecule has 1 aliphatic rings. The van der Waals surface area contributed by atoms with Gasteiger partial charge in [0.25, 0.3) is 0 Å². The molecule has 1 aromatic heterocycles. The van der Waals surface area contributed by atoms with Crippen LogP contribution in [0.4, 0.5) is 4.79 Å². The number of amides is 2. The topological polar surface area (TPSA) is 95.7 Å². The monoisotopic (exact) mass is 295 g/mol. The number of likely N-dealkylation sites (tertiary alicyclic amines) is 1. The first-order valence-electron chi connectivity index (χ1n) is 7.15. The van der Waals surface area contributed by atoms with E-state index < -0.39 is 11.4 Å². The van der Waals surface area contributed by atoms with Crippen LogP contribution in [-0.2, 0) is 11.3 Å². The van der Waals surface area contributed by atoms with Gasteiger partial charge in [0, 0.05) is 19.2 Å². The van der Waals surface area contributed by atoms with E-state index in [0.29, 0.717) is 38.1 Å². The number of urea groups is 1. The molecule has 0 spiro atoms. The van der Waals surface area contributed by atoms with Crippen LogP contribution in [0.15, 0.2) is 10.6 Å². The number of aryl methyl sites for hydroxylation is 1. The quantitative estimate of drug-likeness (QED) is 0.882. The van der Waals surface area contributed by atoms with Crippen molar-refractivity contribution in [3.63, 3.8) is 0 Å². The number of aliphatic carboxylic acids is 1. The Morgan fingerprint density at radius 1 is 1.48 bits per heavy atom. The fourth-order valence-electron chi connectivity index (χ4n) is 2.63. The zero-order chi connectivity index (χ0) is 15.5. The van der Waals surface area contributed by atoms with Crippen LogP contribution >= 0.6 is 0 Å². The molecule has 21 heavy (non-hydrogen) atoms. The van der Waals surface area contributed by atoms with Gasteiger partial charge in [0.1, 0.15) is 0 Å². The van der Waals surface area contributed by atoms with Crippen LogP contribution in [0.3, 0.4) is 0 Å². The Morgan fingerprint density at radius 2 is 2.14 bits per heavy atom. The van der Waals surface area contributed by atoms with Crippen LogP contribution in [0.2, 0.25) is 0 Å². The van der Waals surface area contributed by atoms with Gasteiger partial charge in [-0.1, -0.05) is 12.1 Å². The maximum atomic E-state index is 12.1. The van der Waals surface area contributed by atoms with Gasteiger partial charge in [0.05, 0.1) is 17.7 Å². The number of nitrogens with one attached hydrogen (secondary N) is 1. The van der Waals surface area contributed by atoms with Crippen LogP contribution in [0.1, 0.15) is 37.6 Å². The lowest BCUT2D eigenvalue weighted by molar-refractivity contribution is -0.151. The molecular formula is C14H21N3O4. The summed E-state index contributed by atoms with van der Waals surface area (Å²) in [5.74, 6) is -0.159. The average Bonchev–Trinajstić information content (AvgIpc) is 2.90. The Bertz CT molecular complexity index is 518. The third-order valence-corrected chi connectivity index (χ3v) is 4.23. The molecule has 0 radical (unpaired) electrons. The molecule has 1 fully saturated rings. The number of nitrogens with zero attached hydrogens (tertiary/aromatic N) is 2. The van der Waals surface area contributed by atoms with E-state index in [-0.39, 0.29) is 12.6 Å². The Kier molecular flexibility index (Phi) is 4.50. The summed E-state index contributed by atoms with van der Waals surface area (Å²) in [4.78, 5) is 25.1. The highest BCUT2D eigenvalue weighted by molar-refractivity contribution is 5.77. The minimum Gasteiger partial charge on any atom is -0.481 e. The molecule has 0 unspecified atom stereocenters. The molecule has 0 bridgehead atoms. The van der Waals surface area contributed by atoms with Crippen LogP contribution in [-0.4, -0.2) is 40.3 Å². The maximum Gasteiger partial charge on any atom is 0.317 e. The lowest BCUT2D eigenvalue weighted by atomic mass is 9.76. The predicted molar refractivity (Wildman–Crippen MR) is 74.6 cm³/mol. The number of piperidine rings is 1. The van der Waals surface area contributed by atoms with Gasteiger partial charge in [-0.2, -0.15) is 0 Å². The highest BCUT2D eigenvalue weighted by atomic mass is 16.5. The Balaban J connectivity index is 1.84. The molecule has 0 atom stereocenters. The van der Waals surface area contributed by atoms with E-state index in [2.05, 4.69) is 10.5 Å². The first kappa shape index (κ1) is 15.3. The zero-order valence-electron chi connectivity index (χ0n) is 12.4. The zero-order valence-corrected chi connectivity index (χ0v) is 12.4. The van der Waals surface area contributed by atoms with Gasteiger partial charge < -0.3 is 19.8 Å². The van der Waals surface area contributed by atoms with Crippen molar-refractivity contribution in [3.05, 3.63) is 17.5 Å². The van der Waals surface area contributed by atoms with Crippen LogP contribution in [0.5, 0.6) is 0 Å². The molecule has 1 aromatic rings. The van der Waals surface area contributed by atoms with Crippen molar-refractivity contribution >= 4 is 12.0 Å². The molecule has 0 saturated carbocycles. The summed E-state index contributed by atoms with van der Waals surface area (Å²) in [6.45, 7) is 4.91. The van der Waals surface area contributed by atoms with Gasteiger partial charge in [-0.05, 0) is 26.2 Å². The number of hydrogen-bond donors (Lipinski definition) is 2. The van der Waals surface area contributed by atoms with Gasteiger partial charge in [-0.15, -0.1) is 0 Å². The van der Waals surface area contributed by atoms with Crippen LogP contribution < -0.4 is 5.32 Å². The summed E-state index contributed by atoms with van der Waals surface area (Å²) < 4.78 is 5.02. The van der Waals surface area contributed by atoms with E-state index in [1.165, 1.54) is 0 Å². The lowest BCUT2D eigenvalue weighted by Gasteiger charge is -2.38. The first-order valence-corrected chi connectivity index (χ1v) is 7.15. The second-order valence-electron chi connectivity index (χ2n) is 5.52. The van der Waals surface area contributed by atoms with E-state index in [0.717, 1.165) is 5.69 Å². The van der Waals surface area contributed by atoms with Crippen molar-refractivity contribution in [1.82, 2.24) is 15.4 Å². The van der Waals surface area contributed by atoms with Crippen molar-refractivity contribution in [2.24, 2.45) is 5.41 Å². The molecule has 1 aliphatic heterocycles. The molecule has 0 aliphatic carbocycles. The molecule has 2 amide bonds. The van der Waals surface area contributed by atoms with E-state index in [4.69, 9.17) is 4.52 Å². The second-order valence-corrected chi connectivity index (χ2v) is 5.52. The van der Waals surface area contributed by atoms with Gasteiger partial charge in [-0.25, -0.2) is 4.79 Å². The molecular weight excluding hydrogens is 274 g/mol. The normalized spacial score (nSPS) is 17.5. The summed E-state index contributed by atoms with van der Waals surface area (Å²) in [7, 11) is 0. The largest absolute Gasteiger partial charge is 0.481 e. The van der Waals surface area contributed by atoms with E-state index in [9.17, 15) is 14.7 Å². The number of carboxylic acid groups (broad SMARTS) is 1. The standard InChI is InChI=1S/C14H21N3O4/c1-3-14(12(18)19)4-6-17(7-5-14)13(20)15-9-11-8-10(2)16-21-11/h8H,3-7,9H2,1-2H3,(H,15,20)(H,18,19). The van der Waals surface area contributed by atoms with E-state index in [1.807, 2.05) is 13.8 Å². The minimum absolute atomic E-state index is 0.195. The molecule has 7 heteroatoms. The molecule has 0 aromatic carbocycles. The molecule has 7 nitrogen and oxygen atoms in total. The minimum atomic E-state index is -0.762. The Labute approximate surface area is 123 Å². The Hall–Kier alpha value is -2.05. The smallest absolute Gasteiger partial charge is 0.317 e. The summed E-state index contributed by atoms with van der Waals surface area (Å²) in [5.41, 5.74) is 0.0881. The molecule has 116 valence electrons. The molecule has 2 rings (SSSR count). The highest BCUT2D eigenvalue weighted by Crippen LogP contribution is 2.35. The fraction of sp³-hybridized carbons (Fsp3) is 0.643. The number of rotatable bonds is 4. The Morgan fingerprint density at radius 3 is 2.62 bits per heavy atom. The van der Waals surface area contributed by atoms with E-state index >= 15 is 0 Å². The predicted octanol–water partition coefficient (Wildman–Crippen LogP) is 1.77. The number of aromatic nitrogens is 1. The third kappa shape index (κ3) is 3.34. The molecule has 2 N–H and O–H groups in total. The summed E-state index contributed by atoms with van der Waals surface area (Å²) in [5, 5.41) is 15.8. The first-order chi connectivity index (χ1) is 9.97. The summed E-state index contributed by atoms with van der Waals surface area (Å²) in [6, 6.07) is 1.57. The highest BCUT2D eigenvalue weighted by Gasteiger charge is 2.40. The molecule has 1 saturated heterocycles. The van der Waals surface area contributed by atoms with Crippen molar-refractivity contribution in [2.75, 3.05) is 13.1 Å². The van der Waals surface area contributed by atoms with Gasteiger partial charge in [0.2, 0.25) is 0 Å². The lowest BCUT2D eigenvalue weighted by Crippen LogP contribution is -2.49. The number of carbonyl (C=O) groups is 2. The fourth-order valence-corrected chi connectivity index (χ4v) is 2.63. The number of hydrogen-bond acceptors (Lipinski definition) is 4. The average molecular weight is 295 g/mol. The summed E-state index contributed by atoms with van der Waals surface area (Å²) >= 11 is 0. The van der Waals surface area contributed by atoms with E-state index in [1.54, 1.807) is 11.0 Å². The van der Waals surface area contributed by atoms with Crippen LogP contribution in [0, 0.1) is 12.3 Å². The molecule has 2 heterocycles. The number of carbonyl (C=O) groups excluding carboxylic acids is 1. The van der Waals surface area contributed by atoms with Gasteiger partial charge in [-0.3, -0.25) is 4.79 Å².